The first-order chi connectivity index (χ1) is 8.49. The van der Waals surface area contributed by atoms with Gasteiger partial charge in [-0.15, -0.1) is 0 Å². The number of nitrogens with zero attached hydrogens (tertiary/aromatic N) is 2. The summed E-state index contributed by atoms with van der Waals surface area (Å²) in [4.78, 5) is 8.62. The van der Waals surface area contributed by atoms with E-state index in [0.29, 0.717) is 5.82 Å². The minimum Gasteiger partial charge on any atom is -0.318 e. The lowest BCUT2D eigenvalue weighted by Crippen LogP contribution is -2.17. The van der Waals surface area contributed by atoms with Crippen molar-refractivity contribution in [3.63, 3.8) is 0 Å². The Balaban J connectivity index is 2.42. The molecular formula is C15H19N3. The van der Waals surface area contributed by atoms with Gasteiger partial charge in [-0.05, 0) is 55.5 Å². The fourth-order valence-corrected chi connectivity index (χ4v) is 2.02. The van der Waals surface area contributed by atoms with E-state index in [-0.39, 0.29) is 6.04 Å². The van der Waals surface area contributed by atoms with Crippen LogP contribution in [-0.2, 0) is 0 Å². The highest BCUT2D eigenvalue weighted by Gasteiger charge is 2.14. The van der Waals surface area contributed by atoms with E-state index in [2.05, 4.69) is 42.9 Å². The van der Waals surface area contributed by atoms with Gasteiger partial charge in [-0.2, -0.15) is 0 Å². The molecule has 0 fully saturated rings. The molecule has 0 saturated carbocycles. The van der Waals surface area contributed by atoms with E-state index < -0.39 is 0 Å². The van der Waals surface area contributed by atoms with E-state index in [9.17, 15) is 0 Å². The molecule has 3 heteroatoms. The first kappa shape index (κ1) is 12.7. The number of hydrogen-bond acceptors (Lipinski definition) is 3. The number of benzene rings is 1. The molecule has 94 valence electrons. The zero-order valence-electron chi connectivity index (χ0n) is 11.4. The Labute approximate surface area is 108 Å². The molecule has 0 radical (unpaired) electrons. The van der Waals surface area contributed by atoms with E-state index in [1.807, 2.05) is 6.92 Å². The SMILES string of the molecule is Cc1cnc(C(N)c2cc(C)c(C)cc2C)nc1. The Morgan fingerprint density at radius 3 is 2.06 bits per heavy atom. The molecule has 0 amide bonds. The molecule has 0 aliphatic heterocycles. The quantitative estimate of drug-likeness (QED) is 0.879. The summed E-state index contributed by atoms with van der Waals surface area (Å²) in [5, 5.41) is 0. The van der Waals surface area contributed by atoms with Crippen molar-refractivity contribution in [3.8, 4) is 0 Å². The second-order valence-electron chi connectivity index (χ2n) is 4.89. The zero-order chi connectivity index (χ0) is 13.3. The Kier molecular flexibility index (Phi) is 3.43. The van der Waals surface area contributed by atoms with Crippen LogP contribution >= 0.6 is 0 Å². The van der Waals surface area contributed by atoms with Gasteiger partial charge in [0.2, 0.25) is 0 Å². The van der Waals surface area contributed by atoms with Gasteiger partial charge in [0.1, 0.15) is 5.82 Å². The van der Waals surface area contributed by atoms with Gasteiger partial charge in [0.15, 0.2) is 0 Å². The summed E-state index contributed by atoms with van der Waals surface area (Å²) in [5.41, 5.74) is 12.1. The number of hydrogen-bond donors (Lipinski definition) is 1. The van der Waals surface area contributed by atoms with Crippen LogP contribution in [0.2, 0.25) is 0 Å². The summed E-state index contributed by atoms with van der Waals surface area (Å²) in [6, 6.07) is 4.04. The van der Waals surface area contributed by atoms with Gasteiger partial charge in [-0.25, -0.2) is 9.97 Å². The molecular weight excluding hydrogens is 222 g/mol. The molecule has 2 rings (SSSR count). The molecule has 1 heterocycles. The van der Waals surface area contributed by atoms with Gasteiger partial charge in [-0.3, -0.25) is 0 Å². The van der Waals surface area contributed by atoms with Crippen molar-refractivity contribution in [2.24, 2.45) is 5.73 Å². The van der Waals surface area contributed by atoms with E-state index in [1.54, 1.807) is 12.4 Å². The minimum absolute atomic E-state index is 0.259. The molecule has 1 aromatic heterocycles. The lowest BCUT2D eigenvalue weighted by Gasteiger charge is -2.15. The molecule has 1 atom stereocenters. The van der Waals surface area contributed by atoms with Crippen LogP contribution in [0.1, 0.15) is 39.7 Å². The van der Waals surface area contributed by atoms with Crippen molar-refractivity contribution in [2.75, 3.05) is 0 Å². The van der Waals surface area contributed by atoms with E-state index >= 15 is 0 Å². The van der Waals surface area contributed by atoms with Gasteiger partial charge in [-0.1, -0.05) is 12.1 Å². The second kappa shape index (κ2) is 4.86. The molecule has 0 bridgehead atoms. The van der Waals surface area contributed by atoms with Crippen molar-refractivity contribution in [3.05, 3.63) is 58.2 Å². The van der Waals surface area contributed by atoms with E-state index in [4.69, 9.17) is 5.73 Å². The fourth-order valence-electron chi connectivity index (χ4n) is 2.02. The van der Waals surface area contributed by atoms with Crippen molar-refractivity contribution >= 4 is 0 Å². The molecule has 1 aromatic carbocycles. The summed E-state index contributed by atoms with van der Waals surface area (Å²) in [5.74, 6) is 0.673. The summed E-state index contributed by atoms with van der Waals surface area (Å²) >= 11 is 0. The largest absolute Gasteiger partial charge is 0.318 e. The van der Waals surface area contributed by atoms with Crippen molar-refractivity contribution < 1.29 is 0 Å². The van der Waals surface area contributed by atoms with Crippen LogP contribution in [0.4, 0.5) is 0 Å². The number of nitrogens with two attached hydrogens (primary N) is 1. The first-order valence-electron chi connectivity index (χ1n) is 6.11. The third kappa shape index (κ3) is 2.41. The molecule has 0 aliphatic carbocycles. The predicted octanol–water partition coefficient (Wildman–Crippen LogP) is 2.76. The van der Waals surface area contributed by atoms with E-state index in [0.717, 1.165) is 11.1 Å². The average Bonchev–Trinajstić information content (AvgIpc) is 2.34. The summed E-state index contributed by atoms with van der Waals surface area (Å²) in [6.07, 6.45) is 3.61. The highest BCUT2D eigenvalue weighted by atomic mass is 14.9. The smallest absolute Gasteiger partial charge is 0.149 e. The number of aryl methyl sites for hydroxylation is 4. The van der Waals surface area contributed by atoms with Crippen LogP contribution in [0.3, 0.4) is 0 Å². The molecule has 0 aliphatic rings. The molecule has 2 aromatic rings. The molecule has 3 nitrogen and oxygen atoms in total. The van der Waals surface area contributed by atoms with Crippen LogP contribution in [0.15, 0.2) is 24.5 Å². The van der Waals surface area contributed by atoms with Crippen molar-refractivity contribution in [1.29, 1.82) is 0 Å². The van der Waals surface area contributed by atoms with Crippen LogP contribution in [0.25, 0.3) is 0 Å². The summed E-state index contributed by atoms with van der Waals surface area (Å²) < 4.78 is 0. The minimum atomic E-state index is -0.259. The second-order valence-corrected chi connectivity index (χ2v) is 4.89. The van der Waals surface area contributed by atoms with Crippen LogP contribution in [-0.4, -0.2) is 9.97 Å². The molecule has 2 N–H and O–H groups in total. The molecule has 1 unspecified atom stereocenters. The fraction of sp³-hybridized carbons (Fsp3) is 0.333. The topological polar surface area (TPSA) is 51.8 Å². The van der Waals surface area contributed by atoms with Crippen LogP contribution in [0.5, 0.6) is 0 Å². The van der Waals surface area contributed by atoms with Gasteiger partial charge in [0.25, 0.3) is 0 Å². The lowest BCUT2D eigenvalue weighted by atomic mass is 9.96. The highest BCUT2D eigenvalue weighted by molar-refractivity contribution is 5.40. The number of aromatic nitrogens is 2. The molecule has 0 saturated heterocycles. The molecule has 0 spiro atoms. The van der Waals surface area contributed by atoms with Crippen LogP contribution in [0, 0.1) is 27.7 Å². The third-order valence-corrected chi connectivity index (χ3v) is 3.30. The zero-order valence-corrected chi connectivity index (χ0v) is 11.4. The summed E-state index contributed by atoms with van der Waals surface area (Å²) in [6.45, 7) is 8.26. The normalized spacial score (nSPS) is 12.5. The highest BCUT2D eigenvalue weighted by Crippen LogP contribution is 2.23. The maximum atomic E-state index is 6.26. The van der Waals surface area contributed by atoms with Gasteiger partial charge >= 0.3 is 0 Å². The molecule has 18 heavy (non-hydrogen) atoms. The maximum Gasteiger partial charge on any atom is 0.149 e. The van der Waals surface area contributed by atoms with Gasteiger partial charge in [0.05, 0.1) is 6.04 Å². The van der Waals surface area contributed by atoms with Crippen molar-refractivity contribution in [2.45, 2.75) is 33.7 Å². The lowest BCUT2D eigenvalue weighted by molar-refractivity contribution is 0.770. The average molecular weight is 241 g/mol. The maximum absolute atomic E-state index is 6.26. The first-order valence-corrected chi connectivity index (χ1v) is 6.11. The van der Waals surface area contributed by atoms with Crippen molar-refractivity contribution in [1.82, 2.24) is 9.97 Å². The Hall–Kier alpha value is -1.74. The van der Waals surface area contributed by atoms with Crippen LogP contribution < -0.4 is 5.73 Å². The summed E-state index contributed by atoms with van der Waals surface area (Å²) in [7, 11) is 0. The van der Waals surface area contributed by atoms with Gasteiger partial charge in [0, 0.05) is 12.4 Å². The predicted molar refractivity (Wildman–Crippen MR) is 73.5 cm³/mol. The standard InChI is InChI=1S/C15H19N3/c1-9-7-17-15(18-8-9)14(16)13-6-11(3)10(2)5-12(13)4/h5-8,14H,16H2,1-4H3. The number of rotatable bonds is 2. The monoisotopic (exact) mass is 241 g/mol. The van der Waals surface area contributed by atoms with Gasteiger partial charge < -0.3 is 5.73 Å². The Morgan fingerprint density at radius 2 is 1.44 bits per heavy atom. The van der Waals surface area contributed by atoms with E-state index in [1.165, 1.54) is 16.7 Å². The third-order valence-electron chi connectivity index (χ3n) is 3.30. The Bertz CT molecular complexity index is 559. The Morgan fingerprint density at radius 1 is 0.889 bits per heavy atom.